The van der Waals surface area contributed by atoms with Crippen LogP contribution in [0.1, 0.15) is 52.5 Å². The molecule has 0 unspecified atom stereocenters. The van der Waals surface area contributed by atoms with Crippen LogP contribution in [0.15, 0.2) is 112 Å². The molecule has 2 heterocycles. The van der Waals surface area contributed by atoms with E-state index >= 15 is 0 Å². The van der Waals surface area contributed by atoms with Gasteiger partial charge in [-0.25, -0.2) is 14.6 Å². The zero-order valence-electron chi connectivity index (χ0n) is 28.6. The number of nitrogens with zero attached hydrogens (tertiary/aromatic N) is 2. The van der Waals surface area contributed by atoms with Crippen LogP contribution in [0.4, 0.5) is 0 Å². The predicted molar refractivity (Wildman–Crippen MR) is 194 cm³/mol. The van der Waals surface area contributed by atoms with Gasteiger partial charge in [-0.2, -0.15) is 0 Å². The molecule has 1 aliphatic rings. The normalized spacial score (nSPS) is 14.0. The van der Waals surface area contributed by atoms with Crippen LogP contribution in [0.5, 0.6) is 17.2 Å². The Kier molecular flexibility index (Phi) is 10.8. The highest BCUT2D eigenvalue weighted by atomic mass is 32.1. The van der Waals surface area contributed by atoms with E-state index in [-0.39, 0.29) is 30.3 Å². The molecule has 0 aliphatic carbocycles. The maximum atomic E-state index is 14.3. The average molecular weight is 705 g/mol. The van der Waals surface area contributed by atoms with E-state index in [0.717, 1.165) is 11.1 Å². The van der Waals surface area contributed by atoms with Gasteiger partial charge in [0.15, 0.2) is 16.3 Å². The zero-order chi connectivity index (χ0) is 35.9. The van der Waals surface area contributed by atoms with Crippen molar-refractivity contribution in [3.05, 3.63) is 150 Å². The fourth-order valence-electron chi connectivity index (χ4n) is 5.70. The van der Waals surface area contributed by atoms with Crippen molar-refractivity contribution in [2.75, 3.05) is 27.4 Å². The Balaban J connectivity index is 1.39. The molecule has 0 saturated carbocycles. The topological polar surface area (TPSA) is 115 Å². The van der Waals surface area contributed by atoms with Crippen LogP contribution in [0.2, 0.25) is 0 Å². The second-order valence-corrected chi connectivity index (χ2v) is 12.3. The highest BCUT2D eigenvalue weighted by molar-refractivity contribution is 7.07. The van der Waals surface area contributed by atoms with Gasteiger partial charge >= 0.3 is 11.9 Å². The minimum absolute atomic E-state index is 0.160. The molecule has 11 heteroatoms. The van der Waals surface area contributed by atoms with Crippen LogP contribution in [0, 0.1) is 0 Å². The van der Waals surface area contributed by atoms with Crippen LogP contribution >= 0.6 is 11.3 Å². The largest absolute Gasteiger partial charge is 0.497 e. The molecule has 1 aliphatic heterocycles. The predicted octanol–water partition coefficient (Wildman–Crippen LogP) is 5.71. The van der Waals surface area contributed by atoms with Gasteiger partial charge in [0.05, 0.1) is 54.8 Å². The zero-order valence-corrected chi connectivity index (χ0v) is 29.4. The Bertz CT molecular complexity index is 2260. The van der Waals surface area contributed by atoms with Gasteiger partial charge in [-0.15, -0.1) is 0 Å². The molecule has 0 amide bonds. The minimum atomic E-state index is -0.805. The number of carbonyl (C=O) groups excluding carboxylic acids is 2. The lowest BCUT2D eigenvalue weighted by molar-refractivity contribution is -0.138. The molecular formula is C40H36N2O8S. The number of carbonyl (C=O) groups is 2. The number of fused-ring (bicyclic) bond motifs is 1. The van der Waals surface area contributed by atoms with Gasteiger partial charge < -0.3 is 23.7 Å². The van der Waals surface area contributed by atoms with Crippen LogP contribution in [-0.4, -0.2) is 43.9 Å². The van der Waals surface area contributed by atoms with Crippen molar-refractivity contribution in [2.45, 2.75) is 26.5 Å². The van der Waals surface area contributed by atoms with Gasteiger partial charge in [0, 0.05) is 5.56 Å². The summed E-state index contributed by atoms with van der Waals surface area (Å²) in [5.74, 6) is 0.709. The minimum Gasteiger partial charge on any atom is -0.497 e. The Hall–Kier alpha value is -5.94. The molecule has 1 atom stereocenters. The number of rotatable bonds is 12. The number of benzene rings is 4. The second-order valence-electron chi connectivity index (χ2n) is 11.3. The molecule has 0 bridgehead atoms. The third-order valence-electron chi connectivity index (χ3n) is 8.15. The van der Waals surface area contributed by atoms with Crippen molar-refractivity contribution in [2.24, 2.45) is 4.99 Å². The first-order valence-corrected chi connectivity index (χ1v) is 17.2. The monoisotopic (exact) mass is 704 g/mol. The number of thiazole rings is 1. The van der Waals surface area contributed by atoms with E-state index in [1.54, 1.807) is 75.1 Å². The molecule has 10 nitrogen and oxygen atoms in total. The summed E-state index contributed by atoms with van der Waals surface area (Å²) in [5.41, 5.74) is 3.87. The average Bonchev–Trinajstić information content (AvgIpc) is 3.47. The van der Waals surface area contributed by atoms with Crippen molar-refractivity contribution in [3.63, 3.8) is 0 Å². The molecule has 51 heavy (non-hydrogen) atoms. The molecule has 0 fully saturated rings. The van der Waals surface area contributed by atoms with Crippen molar-refractivity contribution >= 4 is 35.0 Å². The van der Waals surface area contributed by atoms with Crippen LogP contribution in [0.25, 0.3) is 11.8 Å². The third kappa shape index (κ3) is 7.48. The van der Waals surface area contributed by atoms with Crippen molar-refractivity contribution in [1.82, 2.24) is 4.57 Å². The number of ether oxygens (including phenoxy) is 5. The number of hydrogen-bond donors (Lipinski definition) is 0. The van der Waals surface area contributed by atoms with Gasteiger partial charge in [-0.1, -0.05) is 72.0 Å². The molecule has 4 aromatic carbocycles. The summed E-state index contributed by atoms with van der Waals surface area (Å²) in [6, 6.07) is 28.3. The maximum absolute atomic E-state index is 14.3. The molecule has 0 radical (unpaired) electrons. The highest BCUT2D eigenvalue weighted by Gasteiger charge is 2.35. The van der Waals surface area contributed by atoms with Crippen LogP contribution < -0.4 is 29.1 Å². The van der Waals surface area contributed by atoms with Crippen LogP contribution in [0.3, 0.4) is 0 Å². The molecule has 0 saturated heterocycles. The number of methoxy groups -OCH3 is 2. The summed E-state index contributed by atoms with van der Waals surface area (Å²) in [7, 11) is 3.13. The first kappa shape index (κ1) is 34.9. The van der Waals surface area contributed by atoms with E-state index in [0.29, 0.717) is 55.6 Å². The van der Waals surface area contributed by atoms with E-state index in [1.807, 2.05) is 60.7 Å². The van der Waals surface area contributed by atoms with Gasteiger partial charge in [-0.05, 0) is 73.0 Å². The second kappa shape index (κ2) is 15.7. The molecule has 0 N–H and O–H groups in total. The molecule has 260 valence electrons. The summed E-state index contributed by atoms with van der Waals surface area (Å²) in [4.78, 5) is 45.3. The Morgan fingerprint density at radius 2 is 1.53 bits per heavy atom. The van der Waals surface area contributed by atoms with Crippen molar-refractivity contribution in [1.29, 1.82) is 0 Å². The van der Waals surface area contributed by atoms with E-state index in [9.17, 15) is 14.4 Å². The van der Waals surface area contributed by atoms with Gasteiger partial charge in [-0.3, -0.25) is 9.36 Å². The van der Waals surface area contributed by atoms with E-state index in [4.69, 9.17) is 28.7 Å². The maximum Gasteiger partial charge on any atom is 0.338 e. The number of esters is 2. The summed E-state index contributed by atoms with van der Waals surface area (Å²) in [6.07, 6.45) is 1.77. The standard InChI is InChI=1S/C40H36N2O8S/c1-5-48-38(44)29-15-12-25(13-16-29)24-50-31-21-14-26(22-32(31)47-4)23-33-37(43)42-36(28-17-19-30(46-3)20-18-28)34(39(45)49-6-2)35(41-40(42)51-33)27-10-8-7-9-11-27/h7-23,36H,5-6,24H2,1-4H3/b33-23-/t36-/m0/s1. The fraction of sp³-hybridized carbons (Fsp3) is 0.200. The van der Waals surface area contributed by atoms with Crippen molar-refractivity contribution in [3.8, 4) is 17.2 Å². The lowest BCUT2D eigenvalue weighted by atomic mass is 9.93. The summed E-state index contributed by atoms with van der Waals surface area (Å²) in [6.45, 7) is 4.22. The third-order valence-corrected chi connectivity index (χ3v) is 9.13. The fourth-order valence-corrected chi connectivity index (χ4v) is 6.70. The lowest BCUT2D eigenvalue weighted by Gasteiger charge is -2.26. The Morgan fingerprint density at radius 1 is 0.824 bits per heavy atom. The first-order valence-electron chi connectivity index (χ1n) is 16.3. The highest BCUT2D eigenvalue weighted by Crippen LogP contribution is 2.36. The quantitative estimate of drug-likeness (QED) is 0.152. The van der Waals surface area contributed by atoms with Gasteiger partial charge in [0.25, 0.3) is 5.56 Å². The molecular weight excluding hydrogens is 669 g/mol. The van der Waals surface area contributed by atoms with E-state index < -0.39 is 12.0 Å². The number of hydrogen-bond acceptors (Lipinski definition) is 10. The summed E-state index contributed by atoms with van der Waals surface area (Å²) in [5, 5.41) is 0. The molecule has 0 spiro atoms. The first-order chi connectivity index (χ1) is 24.8. The SMILES string of the molecule is CCOC(=O)C1=C(c2ccccc2)N=c2s/c(=C\c3ccc(OCc4ccc(C(=O)OCC)cc4)c(OC)c3)c(=O)n2[C@H]1c1ccc(OC)cc1. The van der Waals surface area contributed by atoms with E-state index in [1.165, 1.54) is 11.3 Å². The summed E-state index contributed by atoms with van der Waals surface area (Å²) < 4.78 is 29.7. The lowest BCUT2D eigenvalue weighted by Crippen LogP contribution is -2.40. The Morgan fingerprint density at radius 3 is 2.20 bits per heavy atom. The smallest absolute Gasteiger partial charge is 0.338 e. The molecule has 1 aromatic heterocycles. The van der Waals surface area contributed by atoms with Gasteiger partial charge in [0.2, 0.25) is 0 Å². The molecule has 5 aromatic rings. The van der Waals surface area contributed by atoms with E-state index in [2.05, 4.69) is 0 Å². The molecule has 6 rings (SSSR count). The van der Waals surface area contributed by atoms with Crippen LogP contribution in [-0.2, 0) is 20.9 Å². The number of aromatic nitrogens is 1. The Labute approximate surface area is 298 Å². The van der Waals surface area contributed by atoms with Gasteiger partial charge in [0.1, 0.15) is 12.4 Å². The van der Waals surface area contributed by atoms with Crippen molar-refractivity contribution < 1.29 is 33.3 Å². The summed E-state index contributed by atoms with van der Waals surface area (Å²) >= 11 is 1.23.